The van der Waals surface area contributed by atoms with Crippen molar-refractivity contribution in [2.75, 3.05) is 7.11 Å². The van der Waals surface area contributed by atoms with E-state index in [0.29, 0.717) is 5.56 Å². The van der Waals surface area contributed by atoms with Crippen LogP contribution in [0.25, 0.3) is 0 Å². The van der Waals surface area contributed by atoms with E-state index in [-0.39, 0.29) is 5.56 Å². The summed E-state index contributed by atoms with van der Waals surface area (Å²) >= 11 is 0. The van der Waals surface area contributed by atoms with Crippen molar-refractivity contribution in [1.82, 2.24) is 0 Å². The second-order valence-electron chi connectivity index (χ2n) is 4.11. The number of nitriles is 1. The van der Waals surface area contributed by atoms with Crippen molar-refractivity contribution in [2.24, 2.45) is 10.2 Å². The van der Waals surface area contributed by atoms with E-state index in [9.17, 15) is 4.39 Å². The first-order chi connectivity index (χ1) is 10.2. The summed E-state index contributed by atoms with van der Waals surface area (Å²) in [6.45, 7) is 0. The van der Waals surface area contributed by atoms with Crippen LogP contribution in [0.5, 0.6) is 5.75 Å². The molecule has 0 spiro atoms. The van der Waals surface area contributed by atoms with Gasteiger partial charge in [0, 0.05) is 0 Å². The van der Waals surface area contributed by atoms with Gasteiger partial charge in [-0.3, -0.25) is 0 Å². The summed E-state index contributed by atoms with van der Waals surface area (Å²) in [6, 6.07) is 13.3. The predicted molar refractivity (Wildman–Crippen MR) is 79.3 cm³/mol. The van der Waals surface area contributed by atoms with Gasteiger partial charge >= 0.3 is 0 Å². The molecule has 0 aliphatic carbocycles. The van der Waals surface area contributed by atoms with Gasteiger partial charge in [-0.2, -0.15) is 15.5 Å². The van der Waals surface area contributed by atoms with Crippen LogP contribution < -0.4 is 4.74 Å². The minimum Gasteiger partial charge on any atom is -0.497 e. The van der Waals surface area contributed by atoms with E-state index in [1.807, 2.05) is 24.3 Å². The van der Waals surface area contributed by atoms with Gasteiger partial charge in [-0.1, -0.05) is 6.07 Å². The molecule has 0 aliphatic heterocycles. The number of hydrogen-bond acceptors (Lipinski definition) is 4. The van der Waals surface area contributed by atoms with E-state index in [1.165, 1.54) is 18.3 Å². The van der Waals surface area contributed by atoms with Crippen molar-refractivity contribution >= 4 is 12.4 Å². The van der Waals surface area contributed by atoms with Crippen LogP contribution in [-0.4, -0.2) is 19.5 Å². The van der Waals surface area contributed by atoms with Crippen LogP contribution in [0.15, 0.2) is 52.7 Å². The summed E-state index contributed by atoms with van der Waals surface area (Å²) in [4.78, 5) is 0. The zero-order valence-corrected chi connectivity index (χ0v) is 11.3. The fourth-order valence-corrected chi connectivity index (χ4v) is 1.59. The van der Waals surface area contributed by atoms with E-state index in [4.69, 9.17) is 10.00 Å². The third-order valence-corrected chi connectivity index (χ3v) is 2.71. The zero-order valence-electron chi connectivity index (χ0n) is 11.3. The first-order valence-corrected chi connectivity index (χ1v) is 6.13. The third-order valence-electron chi connectivity index (χ3n) is 2.71. The lowest BCUT2D eigenvalue weighted by Gasteiger charge is -1.97. The number of benzene rings is 2. The van der Waals surface area contributed by atoms with Crippen molar-refractivity contribution in [3.05, 3.63) is 65.0 Å². The van der Waals surface area contributed by atoms with Gasteiger partial charge in [-0.25, -0.2) is 4.39 Å². The van der Waals surface area contributed by atoms with E-state index in [1.54, 1.807) is 25.5 Å². The quantitative estimate of drug-likeness (QED) is 0.638. The van der Waals surface area contributed by atoms with Gasteiger partial charge in [-0.05, 0) is 47.5 Å². The smallest absolute Gasteiger partial charge is 0.141 e. The molecule has 5 heteroatoms. The lowest BCUT2D eigenvalue weighted by Crippen LogP contribution is -1.87. The molecule has 0 aliphatic rings. The van der Waals surface area contributed by atoms with Gasteiger partial charge in [-0.15, -0.1) is 0 Å². The van der Waals surface area contributed by atoms with Crippen LogP contribution in [0.2, 0.25) is 0 Å². The van der Waals surface area contributed by atoms with Crippen molar-refractivity contribution in [2.45, 2.75) is 0 Å². The number of ether oxygens (including phenoxy) is 1. The number of rotatable bonds is 4. The van der Waals surface area contributed by atoms with Gasteiger partial charge < -0.3 is 4.74 Å². The molecule has 2 rings (SSSR count). The van der Waals surface area contributed by atoms with Gasteiger partial charge in [0.05, 0.1) is 25.1 Å². The molecule has 0 N–H and O–H groups in total. The number of methoxy groups -OCH3 is 1. The lowest BCUT2D eigenvalue weighted by molar-refractivity contribution is 0.415. The molecule has 2 aromatic carbocycles. The highest BCUT2D eigenvalue weighted by Gasteiger charge is 2.00. The second kappa shape index (κ2) is 6.96. The standard InChI is InChI=1S/C16H12FN3O/c1-21-15-6-3-12(4-7-15)10-19-20-11-13-2-5-14(9-18)16(17)8-13/h2-8,10-11H,1H3/b19-10+,20-11+. The van der Waals surface area contributed by atoms with Crippen LogP contribution >= 0.6 is 0 Å². The molecule has 4 nitrogen and oxygen atoms in total. The van der Waals surface area contributed by atoms with E-state index < -0.39 is 5.82 Å². The first kappa shape index (κ1) is 14.4. The number of nitrogens with zero attached hydrogens (tertiary/aromatic N) is 3. The van der Waals surface area contributed by atoms with E-state index >= 15 is 0 Å². The third kappa shape index (κ3) is 3.98. The Morgan fingerprint density at radius 3 is 2.24 bits per heavy atom. The van der Waals surface area contributed by atoms with Gasteiger partial charge in [0.2, 0.25) is 0 Å². The normalized spacial score (nSPS) is 10.9. The lowest BCUT2D eigenvalue weighted by atomic mass is 10.1. The largest absolute Gasteiger partial charge is 0.497 e. The minimum atomic E-state index is -0.569. The SMILES string of the molecule is COc1ccc(/C=N/N=C/c2ccc(C#N)c(F)c2)cc1. The van der Waals surface area contributed by atoms with Crippen molar-refractivity contribution in [1.29, 1.82) is 5.26 Å². The Morgan fingerprint density at radius 1 is 1.05 bits per heavy atom. The van der Waals surface area contributed by atoms with Crippen LogP contribution in [0.4, 0.5) is 4.39 Å². The maximum Gasteiger partial charge on any atom is 0.141 e. The molecule has 0 saturated heterocycles. The van der Waals surface area contributed by atoms with Crippen LogP contribution in [0.1, 0.15) is 16.7 Å². The molecular weight excluding hydrogens is 269 g/mol. The molecule has 0 bridgehead atoms. The predicted octanol–water partition coefficient (Wildman–Crippen LogP) is 3.16. The second-order valence-corrected chi connectivity index (χ2v) is 4.11. The summed E-state index contributed by atoms with van der Waals surface area (Å²) in [5, 5.41) is 16.4. The molecule has 0 radical (unpaired) electrons. The Balaban J connectivity index is 2.02. The molecule has 104 valence electrons. The van der Waals surface area contributed by atoms with Crippen LogP contribution in [0.3, 0.4) is 0 Å². The highest BCUT2D eigenvalue weighted by molar-refractivity contribution is 5.82. The minimum absolute atomic E-state index is 0.00823. The molecule has 0 atom stereocenters. The fourth-order valence-electron chi connectivity index (χ4n) is 1.59. The molecule has 2 aromatic rings. The summed E-state index contributed by atoms with van der Waals surface area (Å²) in [5.41, 5.74) is 1.42. The first-order valence-electron chi connectivity index (χ1n) is 6.13. The molecule has 0 unspecified atom stereocenters. The molecule has 0 heterocycles. The Hall–Kier alpha value is -3.00. The maximum atomic E-state index is 13.4. The summed E-state index contributed by atoms with van der Waals surface area (Å²) in [6.07, 6.45) is 3.00. The molecule has 0 fully saturated rings. The molecule has 0 saturated carbocycles. The van der Waals surface area contributed by atoms with Crippen molar-refractivity contribution < 1.29 is 9.13 Å². The highest BCUT2D eigenvalue weighted by atomic mass is 19.1. The Bertz CT molecular complexity index is 715. The molecule has 21 heavy (non-hydrogen) atoms. The van der Waals surface area contributed by atoms with Crippen molar-refractivity contribution in [3.8, 4) is 11.8 Å². The zero-order chi connectivity index (χ0) is 15.1. The Labute approximate surface area is 121 Å². The van der Waals surface area contributed by atoms with Crippen molar-refractivity contribution in [3.63, 3.8) is 0 Å². The van der Waals surface area contributed by atoms with Gasteiger partial charge in [0.25, 0.3) is 0 Å². The number of halogens is 1. The molecular formula is C16H12FN3O. The summed E-state index contributed by atoms with van der Waals surface area (Å²) in [5.74, 6) is 0.198. The summed E-state index contributed by atoms with van der Waals surface area (Å²) < 4.78 is 18.4. The topological polar surface area (TPSA) is 57.7 Å². The average molecular weight is 281 g/mol. The van der Waals surface area contributed by atoms with Crippen LogP contribution in [-0.2, 0) is 0 Å². The van der Waals surface area contributed by atoms with E-state index in [0.717, 1.165) is 11.3 Å². The Morgan fingerprint density at radius 2 is 1.67 bits per heavy atom. The highest BCUT2D eigenvalue weighted by Crippen LogP contribution is 2.10. The molecule has 0 amide bonds. The van der Waals surface area contributed by atoms with E-state index in [2.05, 4.69) is 10.2 Å². The number of hydrogen-bond donors (Lipinski definition) is 0. The summed E-state index contributed by atoms with van der Waals surface area (Å²) in [7, 11) is 1.60. The van der Waals surface area contributed by atoms with Crippen LogP contribution in [0, 0.1) is 17.1 Å². The molecule has 0 aromatic heterocycles. The Kier molecular flexibility index (Phi) is 4.78. The average Bonchev–Trinajstić information content (AvgIpc) is 2.52. The monoisotopic (exact) mass is 281 g/mol. The van der Waals surface area contributed by atoms with Gasteiger partial charge in [0.1, 0.15) is 17.6 Å². The van der Waals surface area contributed by atoms with Gasteiger partial charge in [0.15, 0.2) is 0 Å². The fraction of sp³-hybridized carbons (Fsp3) is 0.0625. The maximum absolute atomic E-state index is 13.4.